The second-order valence-corrected chi connectivity index (χ2v) is 9.36. The minimum Gasteiger partial charge on any atom is -0.204 e. The van der Waals surface area contributed by atoms with Crippen molar-refractivity contribution in [3.8, 4) is 0 Å². The molecule has 0 N–H and O–H groups in total. The molecule has 2 fully saturated rings. The first kappa shape index (κ1) is 22.4. The highest BCUT2D eigenvalue weighted by molar-refractivity contribution is 5.23. The van der Waals surface area contributed by atoms with Gasteiger partial charge in [0.1, 0.15) is 0 Å². The fourth-order valence-corrected chi connectivity index (χ4v) is 5.66. The minimum atomic E-state index is -1.35. The maximum absolute atomic E-state index is 13.5. The predicted molar refractivity (Wildman–Crippen MR) is 114 cm³/mol. The number of benzene rings is 1. The lowest BCUT2D eigenvalue weighted by Crippen LogP contribution is -2.25. The van der Waals surface area contributed by atoms with Crippen molar-refractivity contribution in [1.82, 2.24) is 0 Å². The zero-order valence-electron chi connectivity index (χ0n) is 17.9. The van der Waals surface area contributed by atoms with Gasteiger partial charge in [-0.05, 0) is 99.2 Å². The van der Waals surface area contributed by atoms with Gasteiger partial charge in [-0.3, -0.25) is 0 Å². The molecule has 0 nitrogen and oxygen atoms in total. The molecule has 3 heteroatoms. The van der Waals surface area contributed by atoms with Crippen molar-refractivity contribution < 1.29 is 13.2 Å². The lowest BCUT2D eigenvalue weighted by Gasteiger charge is -2.38. The van der Waals surface area contributed by atoms with Gasteiger partial charge in [-0.1, -0.05) is 44.8 Å². The van der Waals surface area contributed by atoms with Crippen LogP contribution < -0.4 is 0 Å². The minimum absolute atomic E-state index is 0.175. The maximum Gasteiger partial charge on any atom is 0.194 e. The summed E-state index contributed by atoms with van der Waals surface area (Å²) < 4.78 is 40.3. The first-order valence-corrected chi connectivity index (χ1v) is 11.9. The summed E-state index contributed by atoms with van der Waals surface area (Å²) in [5, 5.41) is 0. The summed E-state index contributed by atoms with van der Waals surface area (Å²) in [5.41, 5.74) is 0.636. The molecule has 1 aromatic carbocycles. The molecule has 0 amide bonds. The van der Waals surface area contributed by atoms with Crippen LogP contribution in [0.2, 0.25) is 0 Å². The van der Waals surface area contributed by atoms with E-state index in [9.17, 15) is 13.2 Å². The first-order valence-electron chi connectivity index (χ1n) is 11.9. The Kier molecular flexibility index (Phi) is 8.68. The Bertz CT molecular complexity index is 627. The highest BCUT2D eigenvalue weighted by Crippen LogP contribution is 2.44. The van der Waals surface area contributed by atoms with Crippen LogP contribution >= 0.6 is 0 Å². The topological polar surface area (TPSA) is 0 Å². The van der Waals surface area contributed by atoms with Gasteiger partial charge in [-0.2, -0.15) is 0 Å². The summed E-state index contributed by atoms with van der Waals surface area (Å²) >= 11 is 0. The molecule has 0 heterocycles. The molecule has 2 saturated carbocycles. The van der Waals surface area contributed by atoms with Crippen LogP contribution in [0.5, 0.6) is 0 Å². The monoisotopic (exact) mass is 406 g/mol. The van der Waals surface area contributed by atoms with E-state index in [0.717, 1.165) is 49.9 Å². The van der Waals surface area contributed by atoms with Gasteiger partial charge in [0.05, 0.1) is 0 Å². The maximum atomic E-state index is 13.5. The summed E-state index contributed by atoms with van der Waals surface area (Å²) in [6.07, 6.45) is 20.7. The van der Waals surface area contributed by atoms with Gasteiger partial charge in [-0.25, -0.2) is 13.2 Å². The van der Waals surface area contributed by atoms with E-state index >= 15 is 0 Å². The number of unbranched alkanes of at least 4 members (excludes halogenated alkanes) is 2. The predicted octanol–water partition coefficient (Wildman–Crippen LogP) is 8.71. The van der Waals surface area contributed by atoms with E-state index in [1.165, 1.54) is 63.5 Å². The van der Waals surface area contributed by atoms with Crippen LogP contribution in [-0.4, -0.2) is 0 Å². The average Bonchev–Trinajstić information content (AvgIpc) is 2.75. The first-order chi connectivity index (χ1) is 14.1. The largest absolute Gasteiger partial charge is 0.204 e. The summed E-state index contributed by atoms with van der Waals surface area (Å²) in [7, 11) is 0. The van der Waals surface area contributed by atoms with E-state index in [1.807, 2.05) is 0 Å². The second kappa shape index (κ2) is 11.2. The lowest BCUT2D eigenvalue weighted by atomic mass is 9.68. The van der Waals surface area contributed by atoms with Crippen LogP contribution in [0.25, 0.3) is 0 Å². The zero-order chi connectivity index (χ0) is 20.6. The second-order valence-electron chi connectivity index (χ2n) is 9.36. The van der Waals surface area contributed by atoms with E-state index in [2.05, 4.69) is 19.1 Å². The van der Waals surface area contributed by atoms with Crippen LogP contribution in [0.3, 0.4) is 0 Å². The number of hydrogen-bond acceptors (Lipinski definition) is 0. The lowest BCUT2D eigenvalue weighted by molar-refractivity contribution is 0.155. The van der Waals surface area contributed by atoms with Crippen molar-refractivity contribution >= 4 is 0 Å². The molecule has 0 unspecified atom stereocenters. The third kappa shape index (κ3) is 6.36. The molecule has 0 saturated heterocycles. The van der Waals surface area contributed by atoms with Crippen LogP contribution in [0, 0.1) is 35.2 Å². The van der Waals surface area contributed by atoms with E-state index in [4.69, 9.17) is 0 Å². The molecule has 0 bridgehead atoms. The highest BCUT2D eigenvalue weighted by Gasteiger charge is 2.31. The molecule has 2 aliphatic rings. The Morgan fingerprint density at radius 2 is 1.38 bits per heavy atom. The Balaban J connectivity index is 1.37. The number of allylic oxidation sites excluding steroid dienone is 2. The van der Waals surface area contributed by atoms with E-state index in [-0.39, 0.29) is 5.92 Å². The number of hydrogen-bond donors (Lipinski definition) is 0. The molecule has 0 aromatic heterocycles. The van der Waals surface area contributed by atoms with Crippen molar-refractivity contribution in [3.05, 3.63) is 47.3 Å². The normalized spacial score (nSPS) is 28.1. The Morgan fingerprint density at radius 3 is 1.97 bits per heavy atom. The summed E-state index contributed by atoms with van der Waals surface area (Å²) in [6.45, 7) is 2.18. The van der Waals surface area contributed by atoms with E-state index < -0.39 is 17.5 Å². The van der Waals surface area contributed by atoms with Crippen LogP contribution in [0.15, 0.2) is 24.3 Å². The standard InChI is InChI=1S/C26H37F3/c1-2-3-4-5-6-7-8-19-9-11-20(12-10-19)21-13-15-22(16-14-21)23-17-24(27)26(29)25(28)18-23/h3-4,17-22H,2,5-16H2,1H3/b4-3+. The molecular formula is C26H37F3. The SMILES string of the molecule is CC/C=C/CCCCC1CCC(C2CCC(c3cc(F)c(F)c(F)c3)CC2)CC1. The quantitative estimate of drug-likeness (QED) is 0.230. The molecular weight excluding hydrogens is 369 g/mol. The van der Waals surface area contributed by atoms with E-state index in [1.54, 1.807) is 0 Å². The van der Waals surface area contributed by atoms with Crippen molar-refractivity contribution in [1.29, 1.82) is 0 Å². The molecule has 0 atom stereocenters. The molecule has 2 aliphatic carbocycles. The molecule has 0 aliphatic heterocycles. The number of rotatable bonds is 8. The molecule has 162 valence electrons. The van der Waals surface area contributed by atoms with Gasteiger partial charge < -0.3 is 0 Å². The fraction of sp³-hybridized carbons (Fsp3) is 0.692. The third-order valence-electron chi connectivity index (χ3n) is 7.44. The summed E-state index contributed by atoms with van der Waals surface area (Å²) in [6, 6.07) is 2.40. The van der Waals surface area contributed by atoms with Crippen molar-refractivity contribution in [3.63, 3.8) is 0 Å². The van der Waals surface area contributed by atoms with Crippen LogP contribution in [0.4, 0.5) is 13.2 Å². The Hall–Kier alpha value is -1.25. The summed E-state index contributed by atoms with van der Waals surface area (Å²) in [4.78, 5) is 0. The van der Waals surface area contributed by atoms with Crippen molar-refractivity contribution in [2.24, 2.45) is 17.8 Å². The Morgan fingerprint density at radius 1 is 0.793 bits per heavy atom. The molecule has 29 heavy (non-hydrogen) atoms. The van der Waals surface area contributed by atoms with Gasteiger partial charge in [-0.15, -0.1) is 0 Å². The molecule has 0 spiro atoms. The highest BCUT2D eigenvalue weighted by atomic mass is 19.2. The van der Waals surface area contributed by atoms with Crippen LogP contribution in [-0.2, 0) is 0 Å². The smallest absolute Gasteiger partial charge is 0.194 e. The number of halogens is 3. The summed E-state index contributed by atoms with van der Waals surface area (Å²) in [5.74, 6) is -0.764. The van der Waals surface area contributed by atoms with Gasteiger partial charge in [0, 0.05) is 0 Å². The van der Waals surface area contributed by atoms with Crippen LogP contribution in [0.1, 0.15) is 102 Å². The van der Waals surface area contributed by atoms with Gasteiger partial charge in [0.25, 0.3) is 0 Å². The molecule has 0 radical (unpaired) electrons. The van der Waals surface area contributed by atoms with Gasteiger partial charge in [0.2, 0.25) is 0 Å². The third-order valence-corrected chi connectivity index (χ3v) is 7.44. The van der Waals surface area contributed by atoms with Crippen molar-refractivity contribution in [2.45, 2.75) is 96.3 Å². The zero-order valence-corrected chi connectivity index (χ0v) is 17.9. The van der Waals surface area contributed by atoms with Gasteiger partial charge >= 0.3 is 0 Å². The average molecular weight is 407 g/mol. The fourth-order valence-electron chi connectivity index (χ4n) is 5.66. The van der Waals surface area contributed by atoms with Crippen molar-refractivity contribution in [2.75, 3.05) is 0 Å². The molecule has 1 aromatic rings. The molecule has 3 rings (SSSR count). The Labute approximate surface area is 175 Å². The van der Waals surface area contributed by atoms with Gasteiger partial charge in [0.15, 0.2) is 17.5 Å². The van der Waals surface area contributed by atoms with E-state index in [0.29, 0.717) is 5.56 Å².